The van der Waals surface area contributed by atoms with E-state index in [-0.39, 0.29) is 30.5 Å². The maximum absolute atomic E-state index is 13.8. The lowest BCUT2D eigenvalue weighted by Gasteiger charge is -2.44. The molecule has 0 radical (unpaired) electrons. The first-order chi connectivity index (χ1) is 16.5. The van der Waals surface area contributed by atoms with E-state index in [9.17, 15) is 14.4 Å². The zero-order valence-electron chi connectivity index (χ0n) is 20.2. The predicted molar refractivity (Wildman–Crippen MR) is 135 cm³/mol. The number of H-pyrrole nitrogens is 1. The van der Waals surface area contributed by atoms with Gasteiger partial charge in [-0.05, 0) is 50.1 Å². The van der Waals surface area contributed by atoms with Crippen LogP contribution < -0.4 is 21.9 Å². The van der Waals surface area contributed by atoms with Gasteiger partial charge in [0.1, 0.15) is 5.82 Å². The van der Waals surface area contributed by atoms with Crippen LogP contribution in [-0.2, 0) is 17.9 Å². The number of piperidine rings is 1. The van der Waals surface area contributed by atoms with Crippen molar-refractivity contribution < 1.29 is 4.79 Å². The minimum Gasteiger partial charge on any atom is -0.383 e. The second kappa shape index (κ2) is 11.0. The van der Waals surface area contributed by atoms with Crippen molar-refractivity contribution in [1.29, 1.82) is 0 Å². The lowest BCUT2D eigenvalue weighted by Crippen LogP contribution is -2.52. The van der Waals surface area contributed by atoms with Gasteiger partial charge < -0.3 is 5.73 Å². The molecule has 1 saturated carbocycles. The van der Waals surface area contributed by atoms with E-state index in [1.54, 1.807) is 0 Å². The normalized spacial score (nSPS) is 20.6. The number of nitrogens with one attached hydrogen (secondary N) is 1. The molecule has 8 heteroatoms. The number of amides is 1. The van der Waals surface area contributed by atoms with Crippen molar-refractivity contribution in [3.63, 3.8) is 0 Å². The first-order valence-electron chi connectivity index (χ1n) is 12.7. The van der Waals surface area contributed by atoms with Crippen LogP contribution >= 0.6 is 0 Å². The topological polar surface area (TPSA) is 104 Å². The van der Waals surface area contributed by atoms with Gasteiger partial charge in [-0.15, -0.1) is 0 Å². The molecule has 1 amide bonds. The Morgan fingerprint density at radius 1 is 1.12 bits per heavy atom. The molecule has 1 aliphatic carbocycles. The van der Waals surface area contributed by atoms with Crippen molar-refractivity contribution in [2.45, 2.75) is 77.4 Å². The summed E-state index contributed by atoms with van der Waals surface area (Å²) in [7, 11) is 0. The second-order valence-electron chi connectivity index (χ2n) is 9.69. The fourth-order valence-electron chi connectivity index (χ4n) is 5.62. The van der Waals surface area contributed by atoms with Gasteiger partial charge in [0.2, 0.25) is 5.91 Å². The van der Waals surface area contributed by atoms with Crippen molar-refractivity contribution in [3.05, 3.63) is 56.7 Å². The van der Waals surface area contributed by atoms with Gasteiger partial charge in [0.05, 0.1) is 13.1 Å². The van der Waals surface area contributed by atoms with Gasteiger partial charge in [0, 0.05) is 12.6 Å². The van der Waals surface area contributed by atoms with Crippen LogP contribution in [0.15, 0.2) is 39.9 Å². The average Bonchev–Trinajstić information content (AvgIpc) is 2.84. The smallest absolute Gasteiger partial charge is 0.330 e. The summed E-state index contributed by atoms with van der Waals surface area (Å²) < 4.78 is 1.38. The molecule has 184 valence electrons. The largest absolute Gasteiger partial charge is 0.383 e. The molecule has 2 fully saturated rings. The summed E-state index contributed by atoms with van der Waals surface area (Å²) >= 11 is 0. The summed E-state index contributed by atoms with van der Waals surface area (Å²) in [6, 6.07) is 10.0. The van der Waals surface area contributed by atoms with Crippen LogP contribution in [0.1, 0.15) is 63.9 Å². The van der Waals surface area contributed by atoms with Crippen molar-refractivity contribution in [2.75, 3.05) is 23.7 Å². The van der Waals surface area contributed by atoms with E-state index in [1.165, 1.54) is 35.2 Å². The number of aromatic nitrogens is 2. The number of aromatic amines is 1. The average molecular weight is 468 g/mol. The molecule has 2 aliphatic rings. The van der Waals surface area contributed by atoms with Crippen LogP contribution in [0.3, 0.4) is 0 Å². The molecule has 34 heavy (non-hydrogen) atoms. The highest BCUT2D eigenvalue weighted by molar-refractivity contribution is 5.96. The molecule has 3 N–H and O–H groups in total. The molecule has 8 nitrogen and oxygen atoms in total. The van der Waals surface area contributed by atoms with Gasteiger partial charge in [-0.25, -0.2) is 4.79 Å². The molecule has 2 aromatic rings. The molecule has 4 rings (SSSR count). The summed E-state index contributed by atoms with van der Waals surface area (Å²) in [5.41, 5.74) is 6.21. The second-order valence-corrected chi connectivity index (χ2v) is 9.69. The highest BCUT2D eigenvalue weighted by Crippen LogP contribution is 2.35. The van der Waals surface area contributed by atoms with Gasteiger partial charge in [-0.3, -0.25) is 28.9 Å². The number of unbranched alkanes of at least 4 members (excludes halogenated alkanes) is 1. The van der Waals surface area contributed by atoms with Gasteiger partial charge >= 0.3 is 5.69 Å². The van der Waals surface area contributed by atoms with Crippen LogP contribution in [0.5, 0.6) is 0 Å². The van der Waals surface area contributed by atoms with E-state index in [0.29, 0.717) is 18.5 Å². The third kappa shape index (κ3) is 5.27. The summed E-state index contributed by atoms with van der Waals surface area (Å²) in [5.74, 6) is 0.552. The Bertz CT molecular complexity index is 1090. The van der Waals surface area contributed by atoms with E-state index < -0.39 is 11.2 Å². The van der Waals surface area contributed by atoms with Gasteiger partial charge in [-0.2, -0.15) is 0 Å². The molecule has 2 heterocycles. The Morgan fingerprint density at radius 2 is 1.85 bits per heavy atom. The summed E-state index contributed by atoms with van der Waals surface area (Å²) in [5, 5.41) is 0. The Labute approximate surface area is 200 Å². The molecule has 1 aromatic carbocycles. The number of anilines is 2. The number of carbonyl (C=O) groups is 1. The maximum atomic E-state index is 13.8. The molecule has 2 atom stereocenters. The van der Waals surface area contributed by atoms with Crippen molar-refractivity contribution in [2.24, 2.45) is 5.92 Å². The molecule has 1 saturated heterocycles. The quantitative estimate of drug-likeness (QED) is 0.621. The molecule has 0 bridgehead atoms. The van der Waals surface area contributed by atoms with Crippen molar-refractivity contribution in [1.82, 2.24) is 14.5 Å². The first-order valence-corrected chi connectivity index (χ1v) is 12.7. The summed E-state index contributed by atoms with van der Waals surface area (Å²) in [6.07, 6.45) is 8.79. The van der Waals surface area contributed by atoms with E-state index in [4.69, 9.17) is 5.73 Å². The number of rotatable bonds is 8. The molecule has 1 aliphatic heterocycles. The lowest BCUT2D eigenvalue weighted by molar-refractivity contribution is -0.121. The minimum absolute atomic E-state index is 0.0562. The fraction of sp³-hybridized carbons (Fsp3) is 0.577. The highest BCUT2D eigenvalue weighted by atomic mass is 16.2. The van der Waals surface area contributed by atoms with Gasteiger partial charge in [-0.1, -0.05) is 56.5 Å². The minimum atomic E-state index is -0.617. The maximum Gasteiger partial charge on any atom is 0.330 e. The number of benzene rings is 1. The Balaban J connectivity index is 1.68. The zero-order chi connectivity index (χ0) is 24.1. The number of nitrogen functional groups attached to an aromatic ring is 1. The van der Waals surface area contributed by atoms with E-state index in [1.807, 2.05) is 37.3 Å². The number of carbonyl (C=O) groups excluding carboxylic acids is 1. The Kier molecular flexibility index (Phi) is 7.88. The zero-order valence-corrected chi connectivity index (χ0v) is 20.2. The monoisotopic (exact) mass is 467 g/mol. The van der Waals surface area contributed by atoms with Crippen LogP contribution in [-0.4, -0.2) is 39.5 Å². The molecular formula is C26H37N5O3. The van der Waals surface area contributed by atoms with E-state index in [2.05, 4.69) is 9.88 Å². The van der Waals surface area contributed by atoms with Crippen molar-refractivity contribution in [3.8, 4) is 0 Å². The first kappa shape index (κ1) is 24.3. The van der Waals surface area contributed by atoms with E-state index >= 15 is 0 Å². The van der Waals surface area contributed by atoms with Crippen LogP contribution in [0.25, 0.3) is 0 Å². The number of hydrogen-bond donors (Lipinski definition) is 2. The van der Waals surface area contributed by atoms with Gasteiger partial charge in [0.15, 0.2) is 5.69 Å². The third-order valence-corrected chi connectivity index (χ3v) is 7.40. The summed E-state index contributed by atoms with van der Waals surface area (Å²) in [6.45, 7) is 3.79. The standard InChI is InChI=1S/C26H37N5O3/c1-2-3-16-30-24(27)23(25(33)28-26(30)34)31(17-19-10-5-4-6-11-19)22(32)18-29-15-9-13-20-12-7-8-14-21(20)29/h4-6,10-11,20-21H,2-3,7-9,12-18,27H2,1H3,(H,28,33,34)/t20-,21-/m0/s1. The van der Waals surface area contributed by atoms with Gasteiger partial charge in [0.25, 0.3) is 5.56 Å². The number of nitrogens with zero attached hydrogens (tertiary/aromatic N) is 3. The predicted octanol–water partition coefficient (Wildman–Crippen LogP) is 3.11. The molecule has 0 unspecified atom stereocenters. The Morgan fingerprint density at radius 3 is 2.62 bits per heavy atom. The number of fused-ring (bicyclic) bond motifs is 1. The lowest BCUT2D eigenvalue weighted by atomic mass is 9.78. The van der Waals surface area contributed by atoms with Crippen LogP contribution in [0.4, 0.5) is 11.5 Å². The van der Waals surface area contributed by atoms with Crippen LogP contribution in [0, 0.1) is 5.92 Å². The molecular weight excluding hydrogens is 430 g/mol. The SMILES string of the molecule is CCCCn1c(N)c(N(Cc2ccccc2)C(=O)CN2CCC[C@@H]3CCCC[C@@H]32)c(=O)[nH]c1=O. The van der Waals surface area contributed by atoms with E-state index in [0.717, 1.165) is 37.8 Å². The van der Waals surface area contributed by atoms with Crippen LogP contribution in [0.2, 0.25) is 0 Å². The highest BCUT2D eigenvalue weighted by Gasteiger charge is 2.35. The number of hydrogen-bond acceptors (Lipinski definition) is 5. The Hall–Kier alpha value is -2.87. The summed E-state index contributed by atoms with van der Waals surface area (Å²) in [4.78, 5) is 45.4. The number of nitrogens with two attached hydrogens (primary N) is 1. The van der Waals surface area contributed by atoms with Crippen molar-refractivity contribution >= 4 is 17.4 Å². The number of likely N-dealkylation sites (tertiary alicyclic amines) is 1. The third-order valence-electron chi connectivity index (χ3n) is 7.40. The fourth-order valence-corrected chi connectivity index (χ4v) is 5.62. The molecule has 0 spiro atoms. The molecule has 1 aromatic heterocycles.